The topological polar surface area (TPSA) is 27.7 Å². The van der Waals surface area contributed by atoms with Gasteiger partial charge in [0.15, 0.2) is 6.29 Å². The third-order valence-electron chi connectivity index (χ3n) is 5.50. The molecule has 27 heavy (non-hydrogen) atoms. The minimum atomic E-state index is -0.236. The van der Waals surface area contributed by atoms with Gasteiger partial charge in [0, 0.05) is 14.2 Å². The second-order valence-electron chi connectivity index (χ2n) is 8.03. The molecule has 0 aliphatic rings. The highest BCUT2D eigenvalue weighted by Crippen LogP contribution is 2.17. The molecule has 0 radical (unpaired) electrons. The maximum atomic E-state index is 6.14. The van der Waals surface area contributed by atoms with Gasteiger partial charge < -0.3 is 14.2 Å². The molecule has 0 rings (SSSR count). The van der Waals surface area contributed by atoms with Crippen LogP contribution in [0.15, 0.2) is 0 Å². The summed E-state index contributed by atoms with van der Waals surface area (Å²) < 4.78 is 16.7. The molecule has 0 aromatic rings. The van der Waals surface area contributed by atoms with E-state index in [1.165, 1.54) is 109 Å². The SMILES string of the molecule is CCCCCCCCCCC(CCCCCCCCC)OCC(OC)OC. The second kappa shape index (κ2) is 22.2. The highest BCUT2D eigenvalue weighted by Gasteiger charge is 2.13. The maximum Gasteiger partial charge on any atom is 0.180 e. The van der Waals surface area contributed by atoms with Gasteiger partial charge in [-0.3, -0.25) is 0 Å². The van der Waals surface area contributed by atoms with Crippen molar-refractivity contribution in [3.63, 3.8) is 0 Å². The Labute approximate surface area is 170 Å². The Kier molecular flexibility index (Phi) is 22.1. The quantitative estimate of drug-likeness (QED) is 0.141. The van der Waals surface area contributed by atoms with E-state index in [-0.39, 0.29) is 6.29 Å². The minimum Gasteiger partial charge on any atom is -0.373 e. The third kappa shape index (κ3) is 19.0. The number of methoxy groups -OCH3 is 2. The summed E-state index contributed by atoms with van der Waals surface area (Å²) in [5.74, 6) is 0. The molecule has 0 aliphatic carbocycles. The molecule has 1 atom stereocenters. The van der Waals surface area contributed by atoms with Gasteiger partial charge in [-0.05, 0) is 12.8 Å². The molecule has 0 bridgehead atoms. The zero-order valence-corrected chi connectivity index (χ0v) is 19.1. The van der Waals surface area contributed by atoms with Crippen molar-refractivity contribution in [2.24, 2.45) is 0 Å². The lowest BCUT2D eigenvalue weighted by Gasteiger charge is -2.21. The van der Waals surface area contributed by atoms with Crippen molar-refractivity contribution in [3.05, 3.63) is 0 Å². The molecule has 0 heterocycles. The molecule has 3 nitrogen and oxygen atoms in total. The maximum absolute atomic E-state index is 6.14. The van der Waals surface area contributed by atoms with Gasteiger partial charge in [-0.2, -0.15) is 0 Å². The predicted octanol–water partition coefficient (Wildman–Crippen LogP) is 7.66. The van der Waals surface area contributed by atoms with Gasteiger partial charge in [-0.25, -0.2) is 0 Å². The second-order valence-corrected chi connectivity index (χ2v) is 8.03. The number of unbranched alkanes of at least 4 members (excludes halogenated alkanes) is 13. The molecule has 0 saturated heterocycles. The molecular weight excluding hydrogens is 336 g/mol. The van der Waals surface area contributed by atoms with Crippen molar-refractivity contribution in [2.45, 2.75) is 135 Å². The summed E-state index contributed by atoms with van der Waals surface area (Å²) in [6.45, 7) is 5.11. The normalized spacial score (nSPS) is 12.8. The third-order valence-corrected chi connectivity index (χ3v) is 5.50. The van der Waals surface area contributed by atoms with E-state index in [1.54, 1.807) is 14.2 Å². The van der Waals surface area contributed by atoms with E-state index in [4.69, 9.17) is 14.2 Å². The van der Waals surface area contributed by atoms with Crippen molar-refractivity contribution in [1.29, 1.82) is 0 Å². The van der Waals surface area contributed by atoms with Crippen LogP contribution in [0.2, 0.25) is 0 Å². The molecule has 164 valence electrons. The standard InChI is InChI=1S/C24H50O3/c1-5-7-9-11-13-15-17-19-21-23(27-22-24(25-3)26-4)20-18-16-14-12-10-8-6-2/h23-24H,5-22H2,1-4H3. The van der Waals surface area contributed by atoms with Crippen LogP contribution in [0.5, 0.6) is 0 Å². The van der Waals surface area contributed by atoms with Crippen LogP contribution < -0.4 is 0 Å². The summed E-state index contributed by atoms with van der Waals surface area (Å²) in [7, 11) is 3.36. The van der Waals surface area contributed by atoms with Crippen molar-refractivity contribution in [3.8, 4) is 0 Å². The van der Waals surface area contributed by atoms with Crippen LogP contribution >= 0.6 is 0 Å². The predicted molar refractivity (Wildman–Crippen MR) is 117 cm³/mol. The fourth-order valence-electron chi connectivity index (χ4n) is 3.59. The summed E-state index contributed by atoms with van der Waals surface area (Å²) in [6, 6.07) is 0. The smallest absolute Gasteiger partial charge is 0.180 e. The molecule has 0 spiro atoms. The number of rotatable bonds is 22. The largest absolute Gasteiger partial charge is 0.373 e. The van der Waals surface area contributed by atoms with E-state index in [9.17, 15) is 0 Å². The van der Waals surface area contributed by atoms with Crippen LogP contribution in [-0.4, -0.2) is 33.2 Å². The number of hydrogen-bond acceptors (Lipinski definition) is 3. The zero-order chi connectivity index (χ0) is 20.0. The lowest BCUT2D eigenvalue weighted by atomic mass is 10.0. The summed E-state index contributed by atoms with van der Waals surface area (Å²) >= 11 is 0. The molecule has 0 aliphatic heterocycles. The van der Waals surface area contributed by atoms with Gasteiger partial charge in [0.2, 0.25) is 0 Å². The Hall–Kier alpha value is -0.120. The Morgan fingerprint density at radius 1 is 0.519 bits per heavy atom. The van der Waals surface area contributed by atoms with Crippen molar-refractivity contribution >= 4 is 0 Å². The molecule has 0 aromatic carbocycles. The van der Waals surface area contributed by atoms with Gasteiger partial charge >= 0.3 is 0 Å². The van der Waals surface area contributed by atoms with Gasteiger partial charge in [0.25, 0.3) is 0 Å². The molecular formula is C24H50O3. The molecule has 0 saturated carbocycles. The monoisotopic (exact) mass is 386 g/mol. The Morgan fingerprint density at radius 2 is 0.889 bits per heavy atom. The van der Waals surface area contributed by atoms with E-state index in [0.29, 0.717) is 12.7 Å². The first-order valence-corrected chi connectivity index (χ1v) is 12.0. The molecule has 0 N–H and O–H groups in total. The van der Waals surface area contributed by atoms with Crippen LogP contribution in [0.3, 0.4) is 0 Å². The highest BCUT2D eigenvalue weighted by molar-refractivity contribution is 4.61. The number of hydrogen-bond donors (Lipinski definition) is 0. The van der Waals surface area contributed by atoms with Gasteiger partial charge in [-0.1, -0.05) is 110 Å². The van der Waals surface area contributed by atoms with Crippen LogP contribution in [0.1, 0.15) is 123 Å². The van der Waals surface area contributed by atoms with Crippen LogP contribution in [0, 0.1) is 0 Å². The average molecular weight is 387 g/mol. The molecule has 0 fully saturated rings. The van der Waals surface area contributed by atoms with Crippen molar-refractivity contribution < 1.29 is 14.2 Å². The number of ether oxygens (including phenoxy) is 3. The van der Waals surface area contributed by atoms with E-state index in [2.05, 4.69) is 13.8 Å². The van der Waals surface area contributed by atoms with Gasteiger partial charge in [0.05, 0.1) is 12.7 Å². The van der Waals surface area contributed by atoms with E-state index in [1.807, 2.05) is 0 Å². The van der Waals surface area contributed by atoms with E-state index >= 15 is 0 Å². The van der Waals surface area contributed by atoms with Crippen molar-refractivity contribution in [1.82, 2.24) is 0 Å². The summed E-state index contributed by atoms with van der Waals surface area (Å²) in [5, 5.41) is 0. The zero-order valence-electron chi connectivity index (χ0n) is 19.1. The van der Waals surface area contributed by atoms with Crippen LogP contribution in [0.25, 0.3) is 0 Å². The minimum absolute atomic E-state index is 0.236. The Balaban J connectivity index is 3.88. The molecule has 1 unspecified atom stereocenters. The lowest BCUT2D eigenvalue weighted by molar-refractivity contribution is -0.153. The first-order chi connectivity index (χ1) is 13.3. The van der Waals surface area contributed by atoms with Crippen LogP contribution in [0.4, 0.5) is 0 Å². The first-order valence-electron chi connectivity index (χ1n) is 12.0. The fourth-order valence-corrected chi connectivity index (χ4v) is 3.59. The highest BCUT2D eigenvalue weighted by atomic mass is 16.7. The van der Waals surface area contributed by atoms with Crippen molar-refractivity contribution in [2.75, 3.05) is 20.8 Å². The summed E-state index contributed by atoms with van der Waals surface area (Å²) in [5.41, 5.74) is 0. The van der Waals surface area contributed by atoms with E-state index in [0.717, 1.165) is 0 Å². The van der Waals surface area contributed by atoms with E-state index < -0.39 is 0 Å². The van der Waals surface area contributed by atoms with Crippen LogP contribution in [-0.2, 0) is 14.2 Å². The average Bonchev–Trinajstić information content (AvgIpc) is 2.69. The lowest BCUT2D eigenvalue weighted by Crippen LogP contribution is -2.25. The first kappa shape index (κ1) is 26.9. The summed E-state index contributed by atoms with van der Waals surface area (Å²) in [4.78, 5) is 0. The Morgan fingerprint density at radius 3 is 1.26 bits per heavy atom. The molecule has 0 amide bonds. The molecule has 0 aromatic heterocycles. The fraction of sp³-hybridized carbons (Fsp3) is 1.00. The van der Waals surface area contributed by atoms with Gasteiger partial charge in [-0.15, -0.1) is 0 Å². The van der Waals surface area contributed by atoms with Gasteiger partial charge in [0.1, 0.15) is 0 Å². The summed E-state index contributed by atoms with van der Waals surface area (Å²) in [6.07, 6.45) is 23.0. The molecule has 3 heteroatoms. The Bertz CT molecular complexity index is 266.